The van der Waals surface area contributed by atoms with Crippen molar-refractivity contribution < 1.29 is 14.3 Å². The molecule has 1 aromatic rings. The molecule has 6 nitrogen and oxygen atoms in total. The number of nitrogens with two attached hydrogens (primary N) is 1. The molecule has 0 bridgehead atoms. The number of para-hydroxylation sites is 1. The molecule has 0 fully saturated rings. The van der Waals surface area contributed by atoms with Gasteiger partial charge in [-0.25, -0.2) is 0 Å². The Morgan fingerprint density at radius 1 is 1.35 bits per heavy atom. The number of rotatable bonds is 5. The Kier molecular flexibility index (Phi) is 5.98. The van der Waals surface area contributed by atoms with Gasteiger partial charge in [0, 0.05) is 5.56 Å². The van der Waals surface area contributed by atoms with Crippen LogP contribution in [-0.2, 0) is 9.59 Å². The summed E-state index contributed by atoms with van der Waals surface area (Å²) in [6.07, 6.45) is 1.67. The zero-order valence-electron chi connectivity index (χ0n) is 13.7. The van der Waals surface area contributed by atoms with Crippen molar-refractivity contribution in [3.05, 3.63) is 29.8 Å². The highest BCUT2D eigenvalue weighted by molar-refractivity contribution is 5.87. The number of hydrogen-bond donors (Lipinski definition) is 3. The molecule has 0 aromatic heterocycles. The van der Waals surface area contributed by atoms with Crippen molar-refractivity contribution in [2.75, 3.05) is 13.2 Å². The van der Waals surface area contributed by atoms with E-state index in [1.807, 2.05) is 38.1 Å². The first-order valence-electron chi connectivity index (χ1n) is 8.03. The lowest BCUT2D eigenvalue weighted by Crippen LogP contribution is -2.47. The van der Waals surface area contributed by atoms with E-state index in [1.165, 1.54) is 0 Å². The maximum absolute atomic E-state index is 12.1. The van der Waals surface area contributed by atoms with Gasteiger partial charge in [-0.15, -0.1) is 0 Å². The van der Waals surface area contributed by atoms with Crippen molar-refractivity contribution in [2.45, 2.75) is 38.8 Å². The Balaban J connectivity index is 1.91. The first-order chi connectivity index (χ1) is 11.0. The van der Waals surface area contributed by atoms with Gasteiger partial charge < -0.3 is 21.1 Å². The fraction of sp³-hybridized carbons (Fsp3) is 0.529. The predicted molar refractivity (Wildman–Crippen MR) is 87.9 cm³/mol. The molecule has 4 N–H and O–H groups in total. The van der Waals surface area contributed by atoms with Crippen molar-refractivity contribution in [1.82, 2.24) is 10.6 Å². The van der Waals surface area contributed by atoms with Gasteiger partial charge in [-0.2, -0.15) is 0 Å². The number of hydrogen-bond acceptors (Lipinski definition) is 4. The topological polar surface area (TPSA) is 93.5 Å². The minimum atomic E-state index is -0.602. The zero-order chi connectivity index (χ0) is 16.8. The number of carbonyl (C=O) groups excluding carboxylic acids is 2. The fourth-order valence-corrected chi connectivity index (χ4v) is 2.51. The number of ether oxygens (including phenoxy) is 1. The Hall–Kier alpha value is -2.08. The molecule has 23 heavy (non-hydrogen) atoms. The van der Waals surface area contributed by atoms with Crippen LogP contribution >= 0.6 is 0 Å². The smallest absolute Gasteiger partial charge is 0.239 e. The molecule has 2 amide bonds. The van der Waals surface area contributed by atoms with Gasteiger partial charge in [0.1, 0.15) is 5.75 Å². The van der Waals surface area contributed by atoms with Gasteiger partial charge in [-0.3, -0.25) is 9.59 Å². The summed E-state index contributed by atoms with van der Waals surface area (Å²) in [6.45, 7) is 4.31. The third-order valence-electron chi connectivity index (χ3n) is 3.97. The van der Waals surface area contributed by atoms with Crippen molar-refractivity contribution in [2.24, 2.45) is 11.7 Å². The predicted octanol–water partition coefficient (Wildman–Crippen LogP) is 1.12. The summed E-state index contributed by atoms with van der Waals surface area (Å²) in [6, 6.07) is 7.00. The van der Waals surface area contributed by atoms with E-state index in [9.17, 15) is 9.59 Å². The average molecular weight is 319 g/mol. The van der Waals surface area contributed by atoms with Gasteiger partial charge in [0.05, 0.1) is 25.2 Å². The fourth-order valence-electron chi connectivity index (χ4n) is 2.51. The van der Waals surface area contributed by atoms with Crippen LogP contribution in [0.4, 0.5) is 0 Å². The molecule has 1 aliphatic rings. The van der Waals surface area contributed by atoms with Gasteiger partial charge in [-0.1, -0.05) is 32.0 Å². The van der Waals surface area contributed by atoms with E-state index in [1.54, 1.807) is 0 Å². The Labute approximate surface area is 136 Å². The second-order valence-corrected chi connectivity index (χ2v) is 6.14. The van der Waals surface area contributed by atoms with Crippen LogP contribution in [0.5, 0.6) is 5.75 Å². The average Bonchev–Trinajstić information content (AvgIpc) is 2.74. The molecule has 126 valence electrons. The Morgan fingerprint density at radius 2 is 2.09 bits per heavy atom. The van der Waals surface area contributed by atoms with Gasteiger partial charge in [0.2, 0.25) is 11.8 Å². The molecule has 0 saturated carbocycles. The van der Waals surface area contributed by atoms with E-state index in [-0.39, 0.29) is 30.3 Å². The molecule has 1 aromatic carbocycles. The number of benzene rings is 1. The molecule has 0 saturated heterocycles. The van der Waals surface area contributed by atoms with Crippen LogP contribution in [0.25, 0.3) is 0 Å². The quantitative estimate of drug-likeness (QED) is 0.758. The summed E-state index contributed by atoms with van der Waals surface area (Å²) < 4.78 is 5.68. The van der Waals surface area contributed by atoms with E-state index in [4.69, 9.17) is 10.5 Å². The van der Waals surface area contributed by atoms with Crippen LogP contribution in [0.2, 0.25) is 0 Å². The SMILES string of the molecule is CC(C)[C@H](N)C(=O)NCC(=O)NC1CCCOc2ccccc21. The van der Waals surface area contributed by atoms with E-state index in [0.29, 0.717) is 6.61 Å². The van der Waals surface area contributed by atoms with Crippen LogP contribution in [-0.4, -0.2) is 31.0 Å². The van der Waals surface area contributed by atoms with Crippen molar-refractivity contribution >= 4 is 11.8 Å². The Bertz CT molecular complexity index is 560. The van der Waals surface area contributed by atoms with Crippen molar-refractivity contribution in [3.8, 4) is 5.75 Å². The maximum atomic E-state index is 12.1. The molecule has 1 unspecified atom stereocenters. The summed E-state index contributed by atoms with van der Waals surface area (Å²) >= 11 is 0. The maximum Gasteiger partial charge on any atom is 0.239 e. The Morgan fingerprint density at radius 3 is 2.83 bits per heavy atom. The van der Waals surface area contributed by atoms with E-state index in [0.717, 1.165) is 24.2 Å². The zero-order valence-corrected chi connectivity index (χ0v) is 13.7. The number of carbonyl (C=O) groups is 2. The minimum Gasteiger partial charge on any atom is -0.493 e. The van der Waals surface area contributed by atoms with Crippen LogP contribution in [0.15, 0.2) is 24.3 Å². The number of nitrogens with one attached hydrogen (secondary N) is 2. The minimum absolute atomic E-state index is 0.0314. The second kappa shape index (κ2) is 7.97. The highest BCUT2D eigenvalue weighted by atomic mass is 16.5. The van der Waals surface area contributed by atoms with E-state index >= 15 is 0 Å². The lowest BCUT2D eigenvalue weighted by atomic mass is 10.0. The molecule has 6 heteroatoms. The number of fused-ring (bicyclic) bond motifs is 1. The summed E-state index contributed by atoms with van der Waals surface area (Å²) in [4.78, 5) is 23.9. The van der Waals surface area contributed by atoms with Crippen LogP contribution < -0.4 is 21.1 Å². The molecule has 2 rings (SSSR count). The molecule has 0 aliphatic carbocycles. The summed E-state index contributed by atoms with van der Waals surface area (Å²) in [5.41, 5.74) is 6.73. The normalized spacial score (nSPS) is 18.3. The number of amides is 2. The third-order valence-corrected chi connectivity index (χ3v) is 3.97. The largest absolute Gasteiger partial charge is 0.493 e. The second-order valence-electron chi connectivity index (χ2n) is 6.14. The highest BCUT2D eigenvalue weighted by Crippen LogP contribution is 2.30. The molecule has 0 radical (unpaired) electrons. The van der Waals surface area contributed by atoms with Gasteiger partial charge in [0.25, 0.3) is 0 Å². The lowest BCUT2D eigenvalue weighted by molar-refractivity contribution is -0.127. The van der Waals surface area contributed by atoms with Crippen LogP contribution in [0.3, 0.4) is 0 Å². The first kappa shape index (κ1) is 17.3. The van der Waals surface area contributed by atoms with E-state index < -0.39 is 6.04 Å². The highest BCUT2D eigenvalue weighted by Gasteiger charge is 2.22. The summed E-state index contributed by atoms with van der Waals surface area (Å²) in [7, 11) is 0. The standard InChI is InChI=1S/C17H25N3O3/c1-11(2)16(18)17(22)19-10-15(21)20-13-7-5-9-23-14-8-4-3-6-12(13)14/h3-4,6,8,11,13,16H,5,7,9-10,18H2,1-2H3,(H,19,22)(H,20,21)/t13?,16-/m0/s1. The molecule has 2 atom stereocenters. The third kappa shape index (κ3) is 4.69. The molecular weight excluding hydrogens is 294 g/mol. The van der Waals surface area contributed by atoms with Crippen molar-refractivity contribution in [3.63, 3.8) is 0 Å². The van der Waals surface area contributed by atoms with Gasteiger partial charge >= 0.3 is 0 Å². The van der Waals surface area contributed by atoms with Crippen LogP contribution in [0.1, 0.15) is 38.3 Å². The molecular formula is C17H25N3O3. The van der Waals surface area contributed by atoms with Crippen molar-refractivity contribution in [1.29, 1.82) is 0 Å². The summed E-state index contributed by atoms with van der Waals surface area (Å²) in [5.74, 6) is 0.306. The lowest BCUT2D eigenvalue weighted by Gasteiger charge is -2.19. The first-order valence-corrected chi connectivity index (χ1v) is 8.03. The van der Waals surface area contributed by atoms with Crippen LogP contribution in [0, 0.1) is 5.92 Å². The monoisotopic (exact) mass is 319 g/mol. The van der Waals surface area contributed by atoms with Gasteiger partial charge in [-0.05, 0) is 24.8 Å². The molecule has 1 heterocycles. The molecule has 0 spiro atoms. The summed E-state index contributed by atoms with van der Waals surface area (Å²) in [5, 5.41) is 5.55. The molecule has 1 aliphatic heterocycles. The van der Waals surface area contributed by atoms with E-state index in [2.05, 4.69) is 10.6 Å². The van der Waals surface area contributed by atoms with Gasteiger partial charge in [0.15, 0.2) is 0 Å².